The van der Waals surface area contributed by atoms with Crippen molar-refractivity contribution in [2.75, 3.05) is 19.8 Å². The molecule has 0 aliphatic carbocycles. The summed E-state index contributed by atoms with van der Waals surface area (Å²) >= 11 is 0. The zero-order valence-electron chi connectivity index (χ0n) is 10.5. The van der Waals surface area contributed by atoms with Gasteiger partial charge in [0.1, 0.15) is 0 Å². The van der Waals surface area contributed by atoms with E-state index in [1.54, 1.807) is 0 Å². The Balaban J connectivity index is 3.15. The van der Waals surface area contributed by atoms with Gasteiger partial charge in [0.2, 0.25) is 0 Å². The Labute approximate surface area is 98.4 Å². The van der Waals surface area contributed by atoms with Gasteiger partial charge < -0.3 is 15.2 Å². The molecule has 0 rings (SSSR count). The van der Waals surface area contributed by atoms with Crippen molar-refractivity contribution >= 4 is 5.97 Å². The molecule has 0 aromatic carbocycles. The second-order valence-corrected chi connectivity index (χ2v) is 4.11. The lowest BCUT2D eigenvalue weighted by molar-refractivity contribution is -0.137. The average Bonchev–Trinajstić information content (AvgIpc) is 2.25. The smallest absolute Gasteiger partial charge is 0.303 e. The third kappa shape index (κ3) is 11.5. The van der Waals surface area contributed by atoms with Gasteiger partial charge in [0, 0.05) is 25.7 Å². The maximum atomic E-state index is 10.3. The number of ether oxygens (including phenoxy) is 1. The highest BCUT2D eigenvalue weighted by Gasteiger charge is 2.03. The van der Waals surface area contributed by atoms with Crippen molar-refractivity contribution in [1.29, 1.82) is 0 Å². The molecule has 0 fully saturated rings. The number of carboxylic acids is 1. The summed E-state index contributed by atoms with van der Waals surface area (Å²) in [6, 6.07) is 0.270. The summed E-state index contributed by atoms with van der Waals surface area (Å²) in [6.45, 7) is 6.70. The lowest BCUT2D eigenvalue weighted by Gasteiger charge is -2.12. The Morgan fingerprint density at radius 1 is 1.38 bits per heavy atom. The molecule has 0 bridgehead atoms. The molecule has 0 aromatic heterocycles. The van der Waals surface area contributed by atoms with Gasteiger partial charge in [-0.1, -0.05) is 13.3 Å². The lowest BCUT2D eigenvalue weighted by Crippen LogP contribution is -2.28. The number of rotatable bonds is 11. The van der Waals surface area contributed by atoms with Crippen LogP contribution in [0.25, 0.3) is 0 Å². The van der Waals surface area contributed by atoms with Gasteiger partial charge in [-0.2, -0.15) is 0 Å². The highest BCUT2D eigenvalue weighted by Crippen LogP contribution is 1.96. The zero-order chi connectivity index (χ0) is 12.2. The molecule has 0 saturated carbocycles. The van der Waals surface area contributed by atoms with E-state index in [-0.39, 0.29) is 12.5 Å². The monoisotopic (exact) mass is 231 g/mol. The third-order valence-electron chi connectivity index (χ3n) is 2.39. The minimum absolute atomic E-state index is 0.237. The summed E-state index contributed by atoms with van der Waals surface area (Å²) in [5, 5.41) is 11.8. The molecule has 16 heavy (non-hydrogen) atoms. The molecule has 0 radical (unpaired) electrons. The lowest BCUT2D eigenvalue weighted by atomic mass is 10.2. The van der Waals surface area contributed by atoms with Crippen molar-refractivity contribution in [1.82, 2.24) is 5.32 Å². The summed E-state index contributed by atoms with van der Waals surface area (Å²) in [6.07, 6.45) is 4.21. The highest BCUT2D eigenvalue weighted by atomic mass is 16.5. The minimum atomic E-state index is -0.725. The highest BCUT2D eigenvalue weighted by molar-refractivity contribution is 5.66. The van der Waals surface area contributed by atoms with Crippen LogP contribution in [0.3, 0.4) is 0 Å². The van der Waals surface area contributed by atoms with E-state index in [1.165, 1.54) is 6.42 Å². The first kappa shape index (κ1) is 15.4. The first-order valence-corrected chi connectivity index (χ1v) is 6.19. The van der Waals surface area contributed by atoms with Crippen molar-refractivity contribution in [2.45, 2.75) is 52.0 Å². The van der Waals surface area contributed by atoms with E-state index in [1.807, 2.05) is 6.92 Å². The van der Waals surface area contributed by atoms with Crippen LogP contribution in [0.1, 0.15) is 46.0 Å². The molecule has 0 heterocycles. The normalized spacial score (nSPS) is 12.6. The quantitative estimate of drug-likeness (QED) is 0.534. The molecular formula is C12H25NO3. The predicted octanol–water partition coefficient (Wildman–Crippen LogP) is 2.04. The number of hydrogen-bond donors (Lipinski definition) is 2. The van der Waals surface area contributed by atoms with Crippen molar-refractivity contribution in [3.63, 3.8) is 0 Å². The van der Waals surface area contributed by atoms with Crippen LogP contribution in [0.4, 0.5) is 0 Å². The van der Waals surface area contributed by atoms with Gasteiger partial charge >= 0.3 is 5.97 Å². The molecule has 0 aliphatic heterocycles. The van der Waals surface area contributed by atoms with Crippen molar-refractivity contribution in [2.24, 2.45) is 0 Å². The topological polar surface area (TPSA) is 58.6 Å². The Bertz CT molecular complexity index is 174. The van der Waals surface area contributed by atoms with E-state index in [2.05, 4.69) is 12.2 Å². The summed E-state index contributed by atoms with van der Waals surface area (Å²) in [5.41, 5.74) is 0. The molecule has 4 nitrogen and oxygen atoms in total. The van der Waals surface area contributed by atoms with Gasteiger partial charge in [-0.25, -0.2) is 0 Å². The molecule has 0 aliphatic rings. The van der Waals surface area contributed by atoms with Crippen LogP contribution in [-0.4, -0.2) is 36.9 Å². The molecular weight excluding hydrogens is 206 g/mol. The van der Waals surface area contributed by atoms with Crippen molar-refractivity contribution < 1.29 is 14.6 Å². The Kier molecular flexibility index (Phi) is 10.5. The van der Waals surface area contributed by atoms with Gasteiger partial charge in [-0.05, 0) is 32.7 Å². The molecule has 0 saturated heterocycles. The van der Waals surface area contributed by atoms with Crippen LogP contribution in [0.15, 0.2) is 0 Å². The van der Waals surface area contributed by atoms with Gasteiger partial charge in [0.05, 0.1) is 0 Å². The predicted molar refractivity (Wildman–Crippen MR) is 64.7 cm³/mol. The molecule has 0 aromatic rings. The summed E-state index contributed by atoms with van der Waals surface area (Å²) < 4.78 is 5.42. The van der Waals surface area contributed by atoms with Gasteiger partial charge in [-0.3, -0.25) is 4.79 Å². The fourth-order valence-electron chi connectivity index (χ4n) is 1.31. The largest absolute Gasteiger partial charge is 0.481 e. The molecule has 1 unspecified atom stereocenters. The fourth-order valence-corrected chi connectivity index (χ4v) is 1.31. The Hall–Kier alpha value is -0.610. The maximum absolute atomic E-state index is 10.3. The maximum Gasteiger partial charge on any atom is 0.303 e. The minimum Gasteiger partial charge on any atom is -0.481 e. The van der Waals surface area contributed by atoms with Crippen LogP contribution >= 0.6 is 0 Å². The number of nitrogens with one attached hydrogen (secondary N) is 1. The molecule has 2 N–H and O–H groups in total. The molecule has 1 atom stereocenters. The first-order chi connectivity index (χ1) is 7.66. The Morgan fingerprint density at radius 3 is 2.69 bits per heavy atom. The summed E-state index contributed by atoms with van der Waals surface area (Å²) in [4.78, 5) is 10.3. The van der Waals surface area contributed by atoms with Crippen LogP contribution in [-0.2, 0) is 9.53 Å². The van der Waals surface area contributed by atoms with Crippen LogP contribution < -0.4 is 5.32 Å². The van der Waals surface area contributed by atoms with Gasteiger partial charge in [0.25, 0.3) is 0 Å². The third-order valence-corrected chi connectivity index (χ3v) is 2.39. The second kappa shape index (κ2) is 10.9. The van der Waals surface area contributed by atoms with Crippen LogP contribution in [0.2, 0.25) is 0 Å². The zero-order valence-corrected chi connectivity index (χ0v) is 10.5. The molecule has 0 spiro atoms. The number of carbonyl (C=O) groups is 1. The molecule has 0 amide bonds. The first-order valence-electron chi connectivity index (χ1n) is 6.19. The van der Waals surface area contributed by atoms with E-state index >= 15 is 0 Å². The number of unbranched alkanes of at least 4 members (excludes halogenated alkanes) is 1. The van der Waals surface area contributed by atoms with Crippen molar-refractivity contribution in [3.05, 3.63) is 0 Å². The van der Waals surface area contributed by atoms with Crippen LogP contribution in [0, 0.1) is 0 Å². The van der Waals surface area contributed by atoms with Gasteiger partial charge in [-0.15, -0.1) is 0 Å². The Morgan fingerprint density at radius 2 is 2.06 bits per heavy atom. The van der Waals surface area contributed by atoms with E-state index in [0.717, 1.165) is 32.6 Å². The van der Waals surface area contributed by atoms with Gasteiger partial charge in [0.15, 0.2) is 0 Å². The molecule has 4 heteroatoms. The van der Waals surface area contributed by atoms with E-state index in [9.17, 15) is 4.79 Å². The average molecular weight is 231 g/mol. The second-order valence-electron chi connectivity index (χ2n) is 4.11. The summed E-state index contributed by atoms with van der Waals surface area (Å²) in [5.74, 6) is -0.725. The van der Waals surface area contributed by atoms with Crippen LogP contribution in [0.5, 0.6) is 0 Å². The van der Waals surface area contributed by atoms with Crippen molar-refractivity contribution in [3.8, 4) is 0 Å². The van der Waals surface area contributed by atoms with E-state index < -0.39 is 5.97 Å². The standard InChI is InChI=1S/C12H25NO3/c1-3-4-9-16-10-5-8-13-11(2)6-7-12(14)15/h11,13H,3-10H2,1-2H3,(H,14,15). The van der Waals surface area contributed by atoms with E-state index in [4.69, 9.17) is 9.84 Å². The number of carboxylic acid groups (broad SMARTS) is 1. The fraction of sp³-hybridized carbons (Fsp3) is 0.917. The number of aliphatic carboxylic acids is 1. The summed E-state index contributed by atoms with van der Waals surface area (Å²) in [7, 11) is 0. The molecule has 96 valence electrons. The number of hydrogen-bond acceptors (Lipinski definition) is 3. The van der Waals surface area contributed by atoms with E-state index in [0.29, 0.717) is 6.42 Å². The SMILES string of the molecule is CCCCOCCCNC(C)CCC(=O)O.